The van der Waals surface area contributed by atoms with E-state index < -0.39 is 0 Å². The van der Waals surface area contributed by atoms with Gasteiger partial charge in [0.15, 0.2) is 0 Å². The summed E-state index contributed by atoms with van der Waals surface area (Å²) in [4.78, 5) is 25.9. The standard InChI is InChI=1S/C25H28N4O2/c30-23(26-16-8-18-28-17-7-13-24(28)31)15-14-21-19-29(22-11-5-2-6-12-22)27-25(21)20-9-3-1-4-10-20/h1-6,9-12,19H,7-8,13-18H2,(H,26,30). The molecule has 2 aromatic carbocycles. The summed E-state index contributed by atoms with van der Waals surface area (Å²) in [5.41, 5.74) is 3.99. The Morgan fingerprint density at radius 1 is 1.03 bits per heavy atom. The van der Waals surface area contributed by atoms with Crippen molar-refractivity contribution in [2.45, 2.75) is 32.1 Å². The van der Waals surface area contributed by atoms with Crippen LogP contribution in [0, 0.1) is 0 Å². The van der Waals surface area contributed by atoms with Crippen molar-refractivity contribution in [3.63, 3.8) is 0 Å². The number of rotatable bonds is 9. The van der Waals surface area contributed by atoms with Crippen LogP contribution in [0.1, 0.15) is 31.2 Å². The van der Waals surface area contributed by atoms with Gasteiger partial charge in [-0.25, -0.2) is 4.68 Å². The van der Waals surface area contributed by atoms with Gasteiger partial charge in [0.05, 0.1) is 11.4 Å². The molecule has 0 aliphatic carbocycles. The zero-order valence-corrected chi connectivity index (χ0v) is 17.7. The van der Waals surface area contributed by atoms with Gasteiger partial charge in [-0.1, -0.05) is 48.5 Å². The van der Waals surface area contributed by atoms with Crippen LogP contribution >= 0.6 is 0 Å². The highest BCUT2D eigenvalue weighted by atomic mass is 16.2. The van der Waals surface area contributed by atoms with Crippen LogP contribution < -0.4 is 5.32 Å². The molecular formula is C25H28N4O2. The van der Waals surface area contributed by atoms with E-state index in [1.54, 1.807) is 0 Å². The summed E-state index contributed by atoms with van der Waals surface area (Å²) >= 11 is 0. The van der Waals surface area contributed by atoms with Gasteiger partial charge < -0.3 is 10.2 Å². The lowest BCUT2D eigenvalue weighted by Crippen LogP contribution is -2.30. The molecule has 1 fully saturated rings. The first-order chi connectivity index (χ1) is 15.2. The number of amides is 2. The lowest BCUT2D eigenvalue weighted by Gasteiger charge is -2.15. The van der Waals surface area contributed by atoms with Crippen LogP contribution in [-0.4, -0.2) is 46.1 Å². The van der Waals surface area contributed by atoms with Crippen LogP contribution in [0.5, 0.6) is 0 Å². The smallest absolute Gasteiger partial charge is 0.222 e. The molecule has 1 aromatic heterocycles. The molecule has 2 heterocycles. The Labute approximate surface area is 182 Å². The normalized spacial score (nSPS) is 13.5. The van der Waals surface area contributed by atoms with Crippen molar-refractivity contribution in [3.8, 4) is 16.9 Å². The first kappa shape index (κ1) is 20.8. The van der Waals surface area contributed by atoms with Crippen LogP contribution in [-0.2, 0) is 16.0 Å². The van der Waals surface area contributed by atoms with Gasteiger partial charge in [-0.15, -0.1) is 0 Å². The maximum atomic E-state index is 12.4. The highest BCUT2D eigenvalue weighted by molar-refractivity contribution is 5.78. The first-order valence-electron chi connectivity index (χ1n) is 10.9. The number of benzene rings is 2. The van der Waals surface area contributed by atoms with Gasteiger partial charge in [0.1, 0.15) is 0 Å². The summed E-state index contributed by atoms with van der Waals surface area (Å²) in [5.74, 6) is 0.259. The molecule has 160 valence electrons. The Kier molecular flexibility index (Phi) is 6.77. The van der Waals surface area contributed by atoms with Gasteiger partial charge in [-0.05, 0) is 37.0 Å². The number of hydrogen-bond donors (Lipinski definition) is 1. The van der Waals surface area contributed by atoms with Crippen molar-refractivity contribution in [1.82, 2.24) is 20.0 Å². The van der Waals surface area contributed by atoms with Crippen LogP contribution in [0.4, 0.5) is 0 Å². The summed E-state index contributed by atoms with van der Waals surface area (Å²) in [6.45, 7) is 2.17. The Bertz CT molecular complexity index is 1010. The van der Waals surface area contributed by atoms with Crippen LogP contribution in [0.15, 0.2) is 66.9 Å². The number of aryl methyl sites for hydroxylation is 1. The number of carbonyl (C=O) groups excluding carboxylic acids is 2. The lowest BCUT2D eigenvalue weighted by molar-refractivity contribution is -0.127. The average Bonchev–Trinajstić information content (AvgIpc) is 3.43. The number of para-hydroxylation sites is 1. The molecule has 1 aliphatic rings. The number of carbonyl (C=O) groups is 2. The fraction of sp³-hybridized carbons (Fsp3) is 0.320. The number of likely N-dealkylation sites (tertiary alicyclic amines) is 1. The van der Waals surface area contributed by atoms with Crippen molar-refractivity contribution >= 4 is 11.8 Å². The fourth-order valence-corrected chi connectivity index (χ4v) is 3.92. The van der Waals surface area contributed by atoms with Crippen LogP contribution in [0.3, 0.4) is 0 Å². The molecule has 0 saturated carbocycles. The number of nitrogens with one attached hydrogen (secondary N) is 1. The Morgan fingerprint density at radius 3 is 2.48 bits per heavy atom. The van der Waals surface area contributed by atoms with E-state index in [1.807, 2.05) is 76.4 Å². The third-order valence-electron chi connectivity index (χ3n) is 5.58. The monoisotopic (exact) mass is 416 g/mol. The van der Waals surface area contributed by atoms with E-state index in [0.717, 1.165) is 48.4 Å². The summed E-state index contributed by atoms with van der Waals surface area (Å²) in [6.07, 6.45) is 5.44. The van der Waals surface area contributed by atoms with Crippen molar-refractivity contribution < 1.29 is 9.59 Å². The molecule has 0 spiro atoms. The number of aromatic nitrogens is 2. The fourth-order valence-electron chi connectivity index (χ4n) is 3.92. The molecule has 2 amide bonds. The quantitative estimate of drug-likeness (QED) is 0.542. The summed E-state index contributed by atoms with van der Waals surface area (Å²) in [6, 6.07) is 20.1. The molecule has 0 atom stereocenters. The highest BCUT2D eigenvalue weighted by Gasteiger charge is 2.19. The van der Waals surface area contributed by atoms with E-state index in [0.29, 0.717) is 25.8 Å². The summed E-state index contributed by atoms with van der Waals surface area (Å²) in [5, 5.41) is 7.79. The van der Waals surface area contributed by atoms with Crippen LogP contribution in [0.25, 0.3) is 16.9 Å². The second-order valence-corrected chi connectivity index (χ2v) is 7.84. The largest absolute Gasteiger partial charge is 0.356 e. The van der Waals surface area contributed by atoms with Crippen molar-refractivity contribution in [3.05, 3.63) is 72.4 Å². The zero-order chi connectivity index (χ0) is 21.5. The van der Waals surface area contributed by atoms with E-state index in [2.05, 4.69) is 5.32 Å². The average molecular weight is 417 g/mol. The Morgan fingerprint density at radius 2 is 1.77 bits per heavy atom. The zero-order valence-electron chi connectivity index (χ0n) is 17.7. The Hall–Kier alpha value is -3.41. The molecule has 4 rings (SSSR count). The van der Waals surface area contributed by atoms with E-state index in [4.69, 9.17) is 5.10 Å². The van der Waals surface area contributed by atoms with E-state index in [9.17, 15) is 9.59 Å². The first-order valence-corrected chi connectivity index (χ1v) is 10.9. The second kappa shape index (κ2) is 10.1. The molecule has 1 aliphatic heterocycles. The van der Waals surface area contributed by atoms with Gasteiger partial charge >= 0.3 is 0 Å². The maximum Gasteiger partial charge on any atom is 0.222 e. The molecule has 0 radical (unpaired) electrons. The minimum absolute atomic E-state index is 0.0271. The minimum Gasteiger partial charge on any atom is -0.356 e. The predicted octanol–water partition coefficient (Wildman–Crippen LogP) is 3.60. The van der Waals surface area contributed by atoms with Crippen molar-refractivity contribution in [1.29, 1.82) is 0 Å². The molecule has 6 heteroatoms. The molecule has 0 bridgehead atoms. The molecule has 1 saturated heterocycles. The molecule has 1 N–H and O–H groups in total. The Balaban J connectivity index is 1.36. The third-order valence-corrected chi connectivity index (χ3v) is 5.58. The molecule has 0 unspecified atom stereocenters. The van der Waals surface area contributed by atoms with Crippen molar-refractivity contribution in [2.24, 2.45) is 0 Å². The van der Waals surface area contributed by atoms with Gasteiger partial charge in [0, 0.05) is 44.2 Å². The van der Waals surface area contributed by atoms with Crippen LogP contribution in [0.2, 0.25) is 0 Å². The molecular weight excluding hydrogens is 388 g/mol. The number of nitrogens with zero attached hydrogens (tertiary/aromatic N) is 3. The number of hydrogen-bond acceptors (Lipinski definition) is 3. The minimum atomic E-state index is 0.0271. The summed E-state index contributed by atoms with van der Waals surface area (Å²) < 4.78 is 1.88. The topological polar surface area (TPSA) is 67.2 Å². The molecule has 3 aromatic rings. The third kappa shape index (κ3) is 5.40. The van der Waals surface area contributed by atoms with Gasteiger partial charge in [-0.2, -0.15) is 5.10 Å². The van der Waals surface area contributed by atoms with Gasteiger partial charge in [0.25, 0.3) is 0 Å². The van der Waals surface area contributed by atoms with E-state index in [-0.39, 0.29) is 11.8 Å². The van der Waals surface area contributed by atoms with Gasteiger partial charge in [0.2, 0.25) is 11.8 Å². The highest BCUT2D eigenvalue weighted by Crippen LogP contribution is 2.24. The maximum absolute atomic E-state index is 12.4. The van der Waals surface area contributed by atoms with E-state index in [1.165, 1.54) is 0 Å². The van der Waals surface area contributed by atoms with E-state index >= 15 is 0 Å². The predicted molar refractivity (Wildman–Crippen MR) is 121 cm³/mol. The lowest BCUT2D eigenvalue weighted by atomic mass is 10.0. The van der Waals surface area contributed by atoms with Gasteiger partial charge in [-0.3, -0.25) is 9.59 Å². The molecule has 31 heavy (non-hydrogen) atoms. The SMILES string of the molecule is O=C(CCc1cn(-c2ccccc2)nc1-c1ccccc1)NCCCN1CCCC1=O. The molecule has 6 nitrogen and oxygen atoms in total. The second-order valence-electron chi connectivity index (χ2n) is 7.84. The summed E-state index contributed by atoms with van der Waals surface area (Å²) in [7, 11) is 0. The van der Waals surface area contributed by atoms with Crippen molar-refractivity contribution in [2.75, 3.05) is 19.6 Å².